The average Bonchev–Trinajstić information content (AvgIpc) is 2.40. The van der Waals surface area contributed by atoms with Gasteiger partial charge < -0.3 is 14.8 Å². The Labute approximate surface area is 107 Å². The number of hydrogen-bond donors (Lipinski definition) is 1. The minimum Gasteiger partial charge on any atom is -0.344 e. The Kier molecular flexibility index (Phi) is 4.09. The minimum atomic E-state index is -0.607. The summed E-state index contributed by atoms with van der Waals surface area (Å²) in [5.74, 6) is -0.607. The van der Waals surface area contributed by atoms with Crippen molar-refractivity contribution in [3.63, 3.8) is 0 Å². The maximum Gasteiger partial charge on any atom is 0.192 e. The summed E-state index contributed by atoms with van der Waals surface area (Å²) in [6.07, 6.45) is 2.07. The second-order valence-corrected chi connectivity index (χ2v) is 5.16. The molecule has 1 aromatic rings. The summed E-state index contributed by atoms with van der Waals surface area (Å²) < 4.78 is 11.7. The van der Waals surface area contributed by atoms with Crippen molar-refractivity contribution in [1.29, 1.82) is 0 Å². The maximum atomic E-state index is 5.84. The fourth-order valence-electron chi connectivity index (χ4n) is 1.84. The van der Waals surface area contributed by atoms with E-state index >= 15 is 0 Å². The molecular formula is C13H19NO2S. The highest BCUT2D eigenvalue weighted by Gasteiger charge is 2.34. The number of likely N-dealkylation sites (N-methyl/N-ethyl adjacent to an activating group) is 1. The van der Waals surface area contributed by atoms with E-state index in [2.05, 4.69) is 35.8 Å². The van der Waals surface area contributed by atoms with Crippen LogP contribution in [0.2, 0.25) is 0 Å². The second kappa shape index (κ2) is 5.40. The zero-order chi connectivity index (χ0) is 12.3. The highest BCUT2D eigenvalue weighted by Crippen LogP contribution is 2.31. The minimum absolute atomic E-state index is 0.286. The standard InChI is InChI=1S/C13H19NO2S/c1-13(15-8-11(14-2)9-16-13)10-4-6-12(17-3)7-5-10/h4-7,11,14H,8-9H2,1-3H3. The van der Waals surface area contributed by atoms with Crippen LogP contribution in [-0.2, 0) is 15.3 Å². The summed E-state index contributed by atoms with van der Waals surface area (Å²) in [6, 6.07) is 8.63. The van der Waals surface area contributed by atoms with Crippen molar-refractivity contribution < 1.29 is 9.47 Å². The van der Waals surface area contributed by atoms with Crippen LogP contribution >= 0.6 is 11.8 Å². The first-order valence-electron chi connectivity index (χ1n) is 5.77. The first kappa shape index (κ1) is 12.9. The van der Waals surface area contributed by atoms with Crippen LogP contribution in [0.1, 0.15) is 12.5 Å². The molecule has 0 aliphatic carbocycles. The molecule has 0 radical (unpaired) electrons. The van der Waals surface area contributed by atoms with E-state index in [0.29, 0.717) is 13.2 Å². The lowest BCUT2D eigenvalue weighted by atomic mass is 10.1. The van der Waals surface area contributed by atoms with E-state index in [4.69, 9.17) is 9.47 Å². The van der Waals surface area contributed by atoms with Gasteiger partial charge in [-0.3, -0.25) is 0 Å². The van der Waals surface area contributed by atoms with E-state index in [0.717, 1.165) is 5.56 Å². The average molecular weight is 253 g/mol. The van der Waals surface area contributed by atoms with E-state index in [9.17, 15) is 0 Å². The fourth-order valence-corrected chi connectivity index (χ4v) is 2.24. The van der Waals surface area contributed by atoms with E-state index in [1.807, 2.05) is 14.0 Å². The van der Waals surface area contributed by atoms with Gasteiger partial charge in [-0.25, -0.2) is 0 Å². The predicted molar refractivity (Wildman–Crippen MR) is 70.3 cm³/mol. The van der Waals surface area contributed by atoms with Crippen LogP contribution in [0.25, 0.3) is 0 Å². The summed E-state index contributed by atoms with van der Waals surface area (Å²) >= 11 is 1.74. The number of rotatable bonds is 3. The van der Waals surface area contributed by atoms with Crippen LogP contribution < -0.4 is 5.32 Å². The molecule has 3 nitrogen and oxygen atoms in total. The molecule has 1 aromatic carbocycles. The van der Waals surface area contributed by atoms with Crippen molar-refractivity contribution >= 4 is 11.8 Å². The molecule has 4 heteroatoms. The first-order chi connectivity index (χ1) is 8.18. The van der Waals surface area contributed by atoms with Gasteiger partial charge in [-0.15, -0.1) is 11.8 Å². The van der Waals surface area contributed by atoms with Crippen LogP contribution in [0, 0.1) is 0 Å². The molecule has 1 N–H and O–H groups in total. The van der Waals surface area contributed by atoms with Crippen molar-refractivity contribution in [2.75, 3.05) is 26.5 Å². The molecule has 0 amide bonds. The molecule has 1 fully saturated rings. The number of thioether (sulfide) groups is 1. The lowest BCUT2D eigenvalue weighted by molar-refractivity contribution is -0.272. The summed E-state index contributed by atoms with van der Waals surface area (Å²) in [5.41, 5.74) is 1.07. The molecule has 0 unspecified atom stereocenters. The molecule has 1 saturated heterocycles. The van der Waals surface area contributed by atoms with Crippen LogP contribution in [0.3, 0.4) is 0 Å². The van der Waals surface area contributed by atoms with Gasteiger partial charge in [0.05, 0.1) is 19.3 Å². The third kappa shape index (κ3) is 2.83. The van der Waals surface area contributed by atoms with Gasteiger partial charge in [0.2, 0.25) is 0 Å². The molecule has 0 bridgehead atoms. The maximum absolute atomic E-state index is 5.84. The molecule has 1 heterocycles. The molecule has 17 heavy (non-hydrogen) atoms. The quantitative estimate of drug-likeness (QED) is 0.837. The van der Waals surface area contributed by atoms with Crippen LogP contribution in [0.5, 0.6) is 0 Å². The lowest BCUT2D eigenvalue weighted by Crippen LogP contribution is -2.47. The predicted octanol–water partition coefficient (Wildman–Crippen LogP) is 2.22. The van der Waals surface area contributed by atoms with Crippen molar-refractivity contribution in [3.8, 4) is 0 Å². The fraction of sp³-hybridized carbons (Fsp3) is 0.538. The number of ether oxygens (including phenoxy) is 2. The number of benzene rings is 1. The summed E-state index contributed by atoms with van der Waals surface area (Å²) in [5, 5.41) is 3.16. The van der Waals surface area contributed by atoms with Gasteiger partial charge >= 0.3 is 0 Å². The summed E-state index contributed by atoms with van der Waals surface area (Å²) in [7, 11) is 1.92. The molecular weight excluding hydrogens is 234 g/mol. The topological polar surface area (TPSA) is 30.5 Å². The van der Waals surface area contributed by atoms with Crippen molar-refractivity contribution in [1.82, 2.24) is 5.32 Å². The molecule has 94 valence electrons. The molecule has 0 atom stereocenters. The Hall–Kier alpha value is -0.550. The first-order valence-corrected chi connectivity index (χ1v) is 7.00. The van der Waals surface area contributed by atoms with Gasteiger partial charge in [-0.1, -0.05) is 12.1 Å². The van der Waals surface area contributed by atoms with Crippen LogP contribution in [0.4, 0.5) is 0 Å². The van der Waals surface area contributed by atoms with Gasteiger partial charge in [0.1, 0.15) is 0 Å². The normalized spacial score (nSPS) is 29.2. The Morgan fingerprint density at radius 2 is 1.82 bits per heavy atom. The SMILES string of the molecule is CNC1COC(C)(c2ccc(SC)cc2)OC1. The molecule has 1 aliphatic heterocycles. The lowest BCUT2D eigenvalue weighted by Gasteiger charge is -2.37. The zero-order valence-corrected chi connectivity index (χ0v) is 11.3. The van der Waals surface area contributed by atoms with Crippen LogP contribution in [0.15, 0.2) is 29.2 Å². The molecule has 0 spiro atoms. The van der Waals surface area contributed by atoms with E-state index in [1.165, 1.54) is 4.90 Å². The summed E-state index contributed by atoms with van der Waals surface area (Å²) in [4.78, 5) is 1.25. The highest BCUT2D eigenvalue weighted by molar-refractivity contribution is 7.98. The van der Waals surface area contributed by atoms with Gasteiger partial charge in [0.15, 0.2) is 5.79 Å². The monoisotopic (exact) mass is 253 g/mol. The highest BCUT2D eigenvalue weighted by atomic mass is 32.2. The van der Waals surface area contributed by atoms with Crippen LogP contribution in [-0.4, -0.2) is 32.6 Å². The van der Waals surface area contributed by atoms with Gasteiger partial charge in [-0.2, -0.15) is 0 Å². The molecule has 1 aliphatic rings. The van der Waals surface area contributed by atoms with Crippen molar-refractivity contribution in [2.45, 2.75) is 23.6 Å². The second-order valence-electron chi connectivity index (χ2n) is 4.28. The zero-order valence-electron chi connectivity index (χ0n) is 10.5. The smallest absolute Gasteiger partial charge is 0.192 e. The Morgan fingerprint density at radius 3 is 2.29 bits per heavy atom. The third-order valence-electron chi connectivity index (χ3n) is 3.14. The molecule has 0 saturated carbocycles. The molecule has 0 aromatic heterocycles. The Morgan fingerprint density at radius 1 is 1.24 bits per heavy atom. The van der Waals surface area contributed by atoms with Crippen molar-refractivity contribution in [2.24, 2.45) is 0 Å². The Balaban J connectivity index is 2.10. The Bertz CT molecular complexity index is 358. The van der Waals surface area contributed by atoms with Crippen molar-refractivity contribution in [3.05, 3.63) is 29.8 Å². The largest absolute Gasteiger partial charge is 0.344 e. The number of hydrogen-bond acceptors (Lipinski definition) is 4. The van der Waals surface area contributed by atoms with E-state index in [-0.39, 0.29) is 6.04 Å². The van der Waals surface area contributed by atoms with E-state index in [1.54, 1.807) is 11.8 Å². The van der Waals surface area contributed by atoms with Gasteiger partial charge in [-0.05, 0) is 32.4 Å². The molecule has 2 rings (SSSR count). The summed E-state index contributed by atoms with van der Waals surface area (Å²) in [6.45, 7) is 3.33. The van der Waals surface area contributed by atoms with Gasteiger partial charge in [0.25, 0.3) is 0 Å². The van der Waals surface area contributed by atoms with Gasteiger partial charge in [0, 0.05) is 10.5 Å². The number of nitrogens with one attached hydrogen (secondary N) is 1. The third-order valence-corrected chi connectivity index (χ3v) is 3.89. The van der Waals surface area contributed by atoms with E-state index < -0.39 is 5.79 Å².